The number of carbonyl (C=O) groups is 1. The van der Waals surface area contributed by atoms with Gasteiger partial charge in [-0.15, -0.1) is 0 Å². The molecule has 0 saturated carbocycles. The topological polar surface area (TPSA) is 83.8 Å². The Balaban J connectivity index is 1.64. The van der Waals surface area contributed by atoms with Gasteiger partial charge in [-0.2, -0.15) is 0 Å². The van der Waals surface area contributed by atoms with Gasteiger partial charge < -0.3 is 16.0 Å². The third kappa shape index (κ3) is 4.33. The number of nitrogens with one attached hydrogen (secondary N) is 2. The fourth-order valence-electron chi connectivity index (χ4n) is 2.85. The van der Waals surface area contributed by atoms with Gasteiger partial charge in [-0.3, -0.25) is 4.79 Å². The Morgan fingerprint density at radius 3 is 3.04 bits per heavy atom. The maximum absolute atomic E-state index is 12.2. The van der Waals surface area contributed by atoms with Crippen molar-refractivity contribution in [3.63, 3.8) is 0 Å². The number of nitrogens with zero attached hydrogens (tertiary/aromatic N) is 1. The van der Waals surface area contributed by atoms with Crippen LogP contribution in [0.4, 0.5) is 0 Å². The van der Waals surface area contributed by atoms with Gasteiger partial charge in [0.2, 0.25) is 5.91 Å². The predicted octanol–water partition coefficient (Wildman–Crippen LogP) is 2.57. The number of H-pyrrole nitrogens is 1. The number of carbonyl (C=O) groups excluding carboxylic acids is 1. The molecule has 1 amide bonds. The van der Waals surface area contributed by atoms with Crippen LogP contribution < -0.4 is 11.1 Å². The van der Waals surface area contributed by atoms with Crippen LogP contribution in [0.2, 0.25) is 0 Å². The molecule has 25 heavy (non-hydrogen) atoms. The standard InChI is InChI=1S/C20H22N4O/c1-14-4-2-5-15(10-14)11-17(12-21)24-19(25)8-7-16-13-23-20-18(16)6-3-9-22-20/h2-10,13,17H,11-12,21H2,1H3,(H,22,23)(H,24,25)/t17-/m0/s1. The van der Waals surface area contributed by atoms with Crippen LogP contribution >= 0.6 is 0 Å². The molecule has 128 valence electrons. The lowest BCUT2D eigenvalue weighted by molar-refractivity contribution is -0.117. The second kappa shape index (κ2) is 7.77. The molecule has 0 bridgehead atoms. The van der Waals surface area contributed by atoms with Gasteiger partial charge >= 0.3 is 0 Å². The molecule has 2 aromatic heterocycles. The maximum Gasteiger partial charge on any atom is 0.244 e. The molecule has 0 fully saturated rings. The quantitative estimate of drug-likeness (QED) is 0.606. The first-order valence-electron chi connectivity index (χ1n) is 8.32. The first-order valence-corrected chi connectivity index (χ1v) is 8.32. The van der Waals surface area contributed by atoms with Crippen molar-refractivity contribution in [2.75, 3.05) is 6.54 Å². The monoisotopic (exact) mass is 334 g/mol. The number of aryl methyl sites for hydroxylation is 1. The molecule has 3 rings (SSSR count). The van der Waals surface area contributed by atoms with Gasteiger partial charge in [0, 0.05) is 42.0 Å². The zero-order valence-corrected chi connectivity index (χ0v) is 14.2. The number of nitrogens with two attached hydrogens (primary N) is 1. The number of pyridine rings is 1. The number of benzene rings is 1. The van der Waals surface area contributed by atoms with E-state index >= 15 is 0 Å². The average molecular weight is 334 g/mol. The Hall–Kier alpha value is -2.92. The van der Waals surface area contributed by atoms with Crippen molar-refractivity contribution in [1.29, 1.82) is 0 Å². The summed E-state index contributed by atoms with van der Waals surface area (Å²) in [6.07, 6.45) is 7.62. The highest BCUT2D eigenvalue weighted by atomic mass is 16.1. The molecular weight excluding hydrogens is 312 g/mol. The van der Waals surface area contributed by atoms with Crippen LogP contribution in [0.25, 0.3) is 17.1 Å². The second-order valence-corrected chi connectivity index (χ2v) is 6.11. The average Bonchev–Trinajstić information content (AvgIpc) is 3.02. The van der Waals surface area contributed by atoms with E-state index in [1.807, 2.05) is 24.4 Å². The summed E-state index contributed by atoms with van der Waals surface area (Å²) in [5, 5.41) is 3.96. The van der Waals surface area contributed by atoms with E-state index in [-0.39, 0.29) is 11.9 Å². The minimum absolute atomic E-state index is 0.0939. The summed E-state index contributed by atoms with van der Waals surface area (Å²) in [6.45, 7) is 2.45. The van der Waals surface area contributed by atoms with E-state index in [1.165, 1.54) is 17.2 Å². The van der Waals surface area contributed by atoms with Gasteiger partial charge in [-0.25, -0.2) is 4.98 Å². The zero-order chi connectivity index (χ0) is 17.6. The van der Waals surface area contributed by atoms with E-state index in [0.717, 1.165) is 23.0 Å². The number of hydrogen-bond donors (Lipinski definition) is 3. The van der Waals surface area contributed by atoms with E-state index in [2.05, 4.69) is 40.4 Å². The fraction of sp³-hybridized carbons (Fsp3) is 0.200. The highest BCUT2D eigenvalue weighted by Crippen LogP contribution is 2.16. The Labute approximate surface area is 147 Å². The molecule has 5 heteroatoms. The largest absolute Gasteiger partial charge is 0.348 e. The van der Waals surface area contributed by atoms with Crippen LogP contribution in [0, 0.1) is 6.92 Å². The summed E-state index contributed by atoms with van der Waals surface area (Å²) < 4.78 is 0. The highest BCUT2D eigenvalue weighted by molar-refractivity contribution is 5.95. The van der Waals surface area contributed by atoms with Crippen molar-refractivity contribution in [3.05, 3.63) is 71.6 Å². The summed E-state index contributed by atoms with van der Waals surface area (Å²) in [5.74, 6) is -0.152. The number of fused-ring (bicyclic) bond motifs is 1. The molecule has 0 aliphatic heterocycles. The highest BCUT2D eigenvalue weighted by Gasteiger charge is 2.10. The molecule has 2 heterocycles. The molecule has 0 unspecified atom stereocenters. The summed E-state index contributed by atoms with van der Waals surface area (Å²) in [4.78, 5) is 19.5. The number of aromatic nitrogens is 2. The van der Waals surface area contributed by atoms with Gasteiger partial charge in [-0.1, -0.05) is 29.8 Å². The third-order valence-corrected chi connectivity index (χ3v) is 4.09. The summed E-state index contributed by atoms with van der Waals surface area (Å²) >= 11 is 0. The molecule has 0 radical (unpaired) electrons. The van der Waals surface area contributed by atoms with Crippen molar-refractivity contribution >= 4 is 23.0 Å². The van der Waals surface area contributed by atoms with E-state index in [4.69, 9.17) is 5.73 Å². The first kappa shape index (κ1) is 16.9. The van der Waals surface area contributed by atoms with Crippen LogP contribution in [-0.2, 0) is 11.2 Å². The van der Waals surface area contributed by atoms with Crippen LogP contribution in [-0.4, -0.2) is 28.5 Å². The molecule has 1 aromatic carbocycles. The summed E-state index contributed by atoms with van der Waals surface area (Å²) in [5.41, 5.74) is 9.93. The minimum atomic E-state index is -0.152. The number of aromatic amines is 1. The number of amides is 1. The van der Waals surface area contributed by atoms with E-state index in [1.54, 1.807) is 12.3 Å². The normalized spacial score (nSPS) is 12.6. The van der Waals surface area contributed by atoms with Crippen molar-refractivity contribution in [1.82, 2.24) is 15.3 Å². The minimum Gasteiger partial charge on any atom is -0.348 e. The Morgan fingerprint density at radius 1 is 1.36 bits per heavy atom. The van der Waals surface area contributed by atoms with Gasteiger partial charge in [0.25, 0.3) is 0 Å². The van der Waals surface area contributed by atoms with Crippen LogP contribution in [0.15, 0.2) is 54.9 Å². The van der Waals surface area contributed by atoms with Crippen molar-refractivity contribution in [2.45, 2.75) is 19.4 Å². The Bertz CT molecular complexity index is 897. The lowest BCUT2D eigenvalue weighted by Gasteiger charge is -2.16. The smallest absolute Gasteiger partial charge is 0.244 e. The molecule has 0 spiro atoms. The van der Waals surface area contributed by atoms with Gasteiger partial charge in [0.1, 0.15) is 5.65 Å². The molecule has 0 aliphatic rings. The lowest BCUT2D eigenvalue weighted by atomic mass is 10.0. The van der Waals surface area contributed by atoms with Crippen LogP contribution in [0.3, 0.4) is 0 Å². The zero-order valence-electron chi connectivity index (χ0n) is 14.2. The van der Waals surface area contributed by atoms with Gasteiger partial charge in [0.05, 0.1) is 0 Å². The van der Waals surface area contributed by atoms with Gasteiger partial charge in [-0.05, 0) is 37.1 Å². The van der Waals surface area contributed by atoms with Crippen molar-refractivity contribution < 1.29 is 4.79 Å². The summed E-state index contributed by atoms with van der Waals surface area (Å²) in [6, 6.07) is 12.0. The Kier molecular flexibility index (Phi) is 5.26. The van der Waals surface area contributed by atoms with E-state index < -0.39 is 0 Å². The van der Waals surface area contributed by atoms with Crippen LogP contribution in [0.5, 0.6) is 0 Å². The molecule has 4 N–H and O–H groups in total. The summed E-state index contributed by atoms with van der Waals surface area (Å²) in [7, 11) is 0. The number of rotatable bonds is 6. The van der Waals surface area contributed by atoms with Crippen molar-refractivity contribution in [3.8, 4) is 0 Å². The number of hydrogen-bond acceptors (Lipinski definition) is 3. The molecule has 1 atom stereocenters. The Morgan fingerprint density at radius 2 is 2.24 bits per heavy atom. The van der Waals surface area contributed by atoms with Crippen LogP contribution in [0.1, 0.15) is 16.7 Å². The molecule has 5 nitrogen and oxygen atoms in total. The van der Waals surface area contributed by atoms with E-state index in [0.29, 0.717) is 6.54 Å². The third-order valence-electron chi connectivity index (χ3n) is 4.09. The SMILES string of the molecule is Cc1cccc(C[C@@H](CN)NC(=O)C=Cc2c[nH]c3ncccc23)c1. The molecule has 0 aliphatic carbocycles. The predicted molar refractivity (Wildman–Crippen MR) is 101 cm³/mol. The fourth-order valence-corrected chi connectivity index (χ4v) is 2.85. The first-order chi connectivity index (χ1) is 12.2. The molecule has 3 aromatic rings. The van der Waals surface area contributed by atoms with E-state index in [9.17, 15) is 4.79 Å². The molecule has 0 saturated heterocycles. The van der Waals surface area contributed by atoms with Gasteiger partial charge in [0.15, 0.2) is 0 Å². The lowest BCUT2D eigenvalue weighted by Crippen LogP contribution is -2.40. The second-order valence-electron chi connectivity index (χ2n) is 6.11. The van der Waals surface area contributed by atoms with Crippen molar-refractivity contribution in [2.24, 2.45) is 5.73 Å². The molecular formula is C20H22N4O. The maximum atomic E-state index is 12.2.